The van der Waals surface area contributed by atoms with Gasteiger partial charge in [-0.15, -0.1) is 0 Å². The molecule has 4 aliphatic rings. The van der Waals surface area contributed by atoms with Gasteiger partial charge in [0.05, 0.1) is 24.5 Å². The van der Waals surface area contributed by atoms with Crippen molar-refractivity contribution in [3.63, 3.8) is 0 Å². The number of rotatable bonds is 3. The van der Waals surface area contributed by atoms with E-state index in [2.05, 4.69) is 30.4 Å². The Bertz CT molecular complexity index is 958. The molecule has 0 aliphatic carbocycles. The van der Waals surface area contributed by atoms with Crippen LogP contribution in [0, 0.1) is 25.7 Å². The summed E-state index contributed by atoms with van der Waals surface area (Å²) in [6, 6.07) is 6.26. The lowest BCUT2D eigenvalue weighted by molar-refractivity contribution is -0.143. The third kappa shape index (κ3) is 2.95. The minimum Gasteiger partial charge on any atom is -0.360 e. The molecule has 158 valence electrons. The molecule has 4 atom stereocenters. The number of carbonyl (C=O) groups is 3. The molecule has 1 aromatic rings. The van der Waals surface area contributed by atoms with E-state index in [1.165, 1.54) is 0 Å². The number of aryl methyl sites for hydroxylation is 2. The van der Waals surface area contributed by atoms with Crippen LogP contribution < -0.4 is 5.32 Å². The van der Waals surface area contributed by atoms with Crippen LogP contribution in [-0.4, -0.2) is 65.4 Å². The van der Waals surface area contributed by atoms with Crippen LogP contribution in [0.25, 0.3) is 0 Å². The van der Waals surface area contributed by atoms with Crippen LogP contribution in [0.2, 0.25) is 0 Å². The van der Waals surface area contributed by atoms with Gasteiger partial charge in [-0.25, -0.2) is 0 Å². The van der Waals surface area contributed by atoms with Crippen molar-refractivity contribution in [2.24, 2.45) is 11.8 Å². The fourth-order valence-electron chi connectivity index (χ4n) is 5.37. The van der Waals surface area contributed by atoms with Gasteiger partial charge < -0.3 is 19.9 Å². The summed E-state index contributed by atoms with van der Waals surface area (Å²) < 4.78 is 6.25. The van der Waals surface area contributed by atoms with Gasteiger partial charge in [0.25, 0.3) is 0 Å². The van der Waals surface area contributed by atoms with Gasteiger partial charge in [0.15, 0.2) is 0 Å². The van der Waals surface area contributed by atoms with Gasteiger partial charge in [-0.2, -0.15) is 0 Å². The number of hydrogen-bond donors (Lipinski definition) is 1. The number of nitrogens with zero attached hydrogens (tertiary/aromatic N) is 2. The van der Waals surface area contributed by atoms with Crippen molar-refractivity contribution in [3.05, 3.63) is 47.0 Å². The van der Waals surface area contributed by atoms with E-state index in [-0.39, 0.29) is 23.8 Å². The lowest BCUT2D eigenvalue weighted by atomic mass is 9.76. The van der Waals surface area contributed by atoms with E-state index < -0.39 is 17.4 Å². The zero-order valence-corrected chi connectivity index (χ0v) is 17.4. The molecule has 7 nitrogen and oxygen atoms in total. The van der Waals surface area contributed by atoms with E-state index in [0.29, 0.717) is 39.1 Å². The van der Waals surface area contributed by atoms with E-state index in [1.807, 2.05) is 24.0 Å². The highest BCUT2D eigenvalue weighted by atomic mass is 16.5. The van der Waals surface area contributed by atoms with Crippen molar-refractivity contribution in [3.8, 4) is 0 Å². The first-order chi connectivity index (χ1) is 14.4. The highest BCUT2D eigenvalue weighted by Gasteiger charge is 2.67. The van der Waals surface area contributed by atoms with Crippen molar-refractivity contribution < 1.29 is 19.1 Å². The Morgan fingerprint density at radius 3 is 2.93 bits per heavy atom. The molecule has 4 aliphatic heterocycles. The summed E-state index contributed by atoms with van der Waals surface area (Å²) in [4.78, 5) is 42.1. The maximum absolute atomic E-state index is 13.5. The summed E-state index contributed by atoms with van der Waals surface area (Å²) in [5, 5.41) is 2.80. The van der Waals surface area contributed by atoms with Crippen LogP contribution >= 0.6 is 0 Å². The van der Waals surface area contributed by atoms with Crippen LogP contribution in [0.15, 0.2) is 30.4 Å². The predicted molar refractivity (Wildman–Crippen MR) is 109 cm³/mol. The largest absolute Gasteiger partial charge is 0.360 e. The van der Waals surface area contributed by atoms with Gasteiger partial charge in [-0.1, -0.05) is 35.9 Å². The molecule has 2 bridgehead atoms. The van der Waals surface area contributed by atoms with Crippen LogP contribution in [0.1, 0.15) is 23.1 Å². The Kier molecular flexibility index (Phi) is 4.47. The van der Waals surface area contributed by atoms with Crippen molar-refractivity contribution in [2.75, 3.05) is 26.2 Å². The second kappa shape index (κ2) is 6.94. The lowest BCUT2D eigenvalue weighted by Gasteiger charge is -2.29. The van der Waals surface area contributed by atoms with Gasteiger partial charge in [0.2, 0.25) is 17.7 Å². The van der Waals surface area contributed by atoms with Crippen molar-refractivity contribution in [1.29, 1.82) is 0 Å². The van der Waals surface area contributed by atoms with E-state index in [9.17, 15) is 14.4 Å². The molecule has 3 amide bonds. The summed E-state index contributed by atoms with van der Waals surface area (Å²) in [7, 11) is 0. The summed E-state index contributed by atoms with van der Waals surface area (Å²) >= 11 is 0. The molecule has 30 heavy (non-hydrogen) atoms. The number of fused-ring (bicyclic) bond motifs is 1. The molecular formula is C23H27N3O4. The zero-order valence-electron chi connectivity index (χ0n) is 17.4. The van der Waals surface area contributed by atoms with Gasteiger partial charge in [0.1, 0.15) is 5.60 Å². The molecule has 0 saturated carbocycles. The maximum Gasteiger partial charge on any atom is 0.230 e. The van der Waals surface area contributed by atoms with E-state index in [1.54, 1.807) is 4.90 Å². The molecule has 0 aromatic heterocycles. The first-order valence-electron chi connectivity index (χ1n) is 10.7. The van der Waals surface area contributed by atoms with Crippen molar-refractivity contribution >= 4 is 17.7 Å². The summed E-state index contributed by atoms with van der Waals surface area (Å²) in [5.41, 5.74) is 2.73. The van der Waals surface area contributed by atoms with E-state index in [4.69, 9.17) is 4.74 Å². The molecule has 1 N–H and O–H groups in total. The van der Waals surface area contributed by atoms with E-state index >= 15 is 0 Å². The molecule has 5 rings (SSSR count). The quantitative estimate of drug-likeness (QED) is 0.754. The van der Waals surface area contributed by atoms with Crippen molar-refractivity contribution in [2.45, 2.75) is 38.5 Å². The molecule has 0 radical (unpaired) electrons. The summed E-state index contributed by atoms with van der Waals surface area (Å²) in [6.45, 7) is 6.40. The summed E-state index contributed by atoms with van der Waals surface area (Å²) in [5.74, 6) is -1.13. The van der Waals surface area contributed by atoms with Crippen molar-refractivity contribution in [1.82, 2.24) is 15.1 Å². The first kappa shape index (κ1) is 19.3. The molecule has 1 spiro atoms. The minimum atomic E-state index is -0.709. The molecule has 1 aromatic carbocycles. The smallest absolute Gasteiger partial charge is 0.230 e. The molecule has 2 unspecified atom stereocenters. The lowest BCUT2D eigenvalue weighted by Crippen LogP contribution is -2.47. The third-order valence-electron chi connectivity index (χ3n) is 6.95. The number of likely N-dealkylation sites (tertiary alicyclic amines) is 1. The number of amides is 3. The Morgan fingerprint density at radius 1 is 1.27 bits per heavy atom. The number of carbonyl (C=O) groups excluding carboxylic acids is 3. The number of benzene rings is 1. The second-order valence-corrected chi connectivity index (χ2v) is 8.95. The topological polar surface area (TPSA) is 79.0 Å². The normalized spacial score (nSPS) is 32.4. The van der Waals surface area contributed by atoms with Crippen LogP contribution in [0.4, 0.5) is 0 Å². The Labute approximate surface area is 176 Å². The fraction of sp³-hybridized carbons (Fsp3) is 0.522. The SMILES string of the molecule is Cc1ccc(C)c(CN2C[C@@]34C=C[C@@H](O3)C(C(=O)N3CCNC(=O)CC3)C4C2=O)c1. The number of ether oxygens (including phenoxy) is 1. The Balaban J connectivity index is 1.39. The molecular weight excluding hydrogens is 382 g/mol. The van der Waals surface area contributed by atoms with Gasteiger partial charge in [-0.3, -0.25) is 14.4 Å². The maximum atomic E-state index is 13.5. The summed E-state index contributed by atoms with van der Waals surface area (Å²) in [6.07, 6.45) is 3.86. The Morgan fingerprint density at radius 2 is 2.10 bits per heavy atom. The van der Waals surface area contributed by atoms with Gasteiger partial charge in [-0.05, 0) is 25.0 Å². The predicted octanol–water partition coefficient (Wildman–Crippen LogP) is 0.934. The molecule has 7 heteroatoms. The average Bonchev–Trinajstić information content (AvgIpc) is 3.28. The number of hydrogen-bond acceptors (Lipinski definition) is 4. The zero-order chi connectivity index (χ0) is 21.0. The van der Waals surface area contributed by atoms with Gasteiger partial charge in [0, 0.05) is 32.6 Å². The monoisotopic (exact) mass is 409 g/mol. The minimum absolute atomic E-state index is 0.00914. The highest BCUT2D eigenvalue weighted by molar-refractivity contribution is 5.93. The van der Waals surface area contributed by atoms with Gasteiger partial charge >= 0.3 is 0 Å². The van der Waals surface area contributed by atoms with Crippen LogP contribution in [-0.2, 0) is 25.7 Å². The third-order valence-corrected chi connectivity index (χ3v) is 6.95. The van der Waals surface area contributed by atoms with E-state index in [0.717, 1.165) is 16.7 Å². The molecule has 4 heterocycles. The molecule has 3 saturated heterocycles. The second-order valence-electron chi connectivity index (χ2n) is 8.95. The Hall–Kier alpha value is -2.67. The first-order valence-corrected chi connectivity index (χ1v) is 10.7. The average molecular weight is 409 g/mol. The highest BCUT2D eigenvalue weighted by Crippen LogP contribution is 2.52. The van der Waals surface area contributed by atoms with Crippen LogP contribution in [0.5, 0.6) is 0 Å². The van der Waals surface area contributed by atoms with Crippen LogP contribution in [0.3, 0.4) is 0 Å². The standard InChI is InChI=1S/C23H27N3O4/c1-14-3-4-15(2)16(11-14)12-26-13-23-7-5-17(30-23)19(20(23)22(26)29)21(28)25-9-6-18(27)24-8-10-25/h3-5,7,11,17,19-20H,6,8-10,12-13H2,1-2H3,(H,24,27)/t17-,19?,20?,23-/m1/s1. The molecule has 3 fully saturated rings. The number of nitrogens with one attached hydrogen (secondary N) is 1. The fourth-order valence-corrected chi connectivity index (χ4v) is 5.37.